The number of hydrogen-bond donors (Lipinski definition) is 1. The summed E-state index contributed by atoms with van der Waals surface area (Å²) in [7, 11) is 0. The molecule has 0 saturated carbocycles. The van der Waals surface area contributed by atoms with Crippen LogP contribution in [0.25, 0.3) is 0 Å². The van der Waals surface area contributed by atoms with Gasteiger partial charge in [-0.05, 0) is 39.7 Å². The molecular formula is C18H14BrClFN7O. The van der Waals surface area contributed by atoms with Gasteiger partial charge in [0.15, 0.2) is 11.5 Å². The lowest BCUT2D eigenvalue weighted by molar-refractivity contribution is 0.102. The van der Waals surface area contributed by atoms with Crippen molar-refractivity contribution in [2.75, 3.05) is 5.32 Å². The van der Waals surface area contributed by atoms with Gasteiger partial charge in [0.05, 0.1) is 17.2 Å². The van der Waals surface area contributed by atoms with Crippen LogP contribution in [0.2, 0.25) is 5.02 Å². The van der Waals surface area contributed by atoms with Crippen LogP contribution in [-0.2, 0) is 13.2 Å². The van der Waals surface area contributed by atoms with Crippen molar-refractivity contribution < 1.29 is 9.18 Å². The quantitative estimate of drug-likeness (QED) is 0.459. The molecule has 0 aliphatic rings. The smallest absolute Gasteiger partial charge is 0.277 e. The van der Waals surface area contributed by atoms with E-state index < -0.39 is 5.91 Å². The number of hydrogen-bond acceptors (Lipinski definition) is 4. The van der Waals surface area contributed by atoms with Gasteiger partial charge in [-0.25, -0.2) is 9.07 Å². The van der Waals surface area contributed by atoms with Crippen LogP contribution in [-0.4, -0.2) is 35.2 Å². The average molecular weight is 479 g/mol. The van der Waals surface area contributed by atoms with E-state index in [-0.39, 0.29) is 17.3 Å². The van der Waals surface area contributed by atoms with Crippen molar-refractivity contribution in [3.8, 4) is 0 Å². The van der Waals surface area contributed by atoms with Gasteiger partial charge < -0.3 is 5.32 Å². The van der Waals surface area contributed by atoms with E-state index in [1.807, 2.05) is 0 Å². The minimum Gasteiger partial charge on any atom is -0.302 e. The molecule has 1 aromatic carbocycles. The fourth-order valence-electron chi connectivity index (χ4n) is 2.64. The van der Waals surface area contributed by atoms with Crippen LogP contribution in [0.3, 0.4) is 0 Å². The Hall–Kier alpha value is -2.98. The Morgan fingerprint density at radius 3 is 2.62 bits per heavy atom. The van der Waals surface area contributed by atoms with Crippen LogP contribution in [0.5, 0.6) is 0 Å². The fraction of sp³-hybridized carbons (Fsp3) is 0.111. The molecular weight excluding hydrogens is 465 g/mol. The predicted molar refractivity (Wildman–Crippen MR) is 108 cm³/mol. The van der Waals surface area contributed by atoms with Crippen LogP contribution in [0, 0.1) is 5.82 Å². The lowest BCUT2D eigenvalue weighted by Gasteiger charge is -2.03. The predicted octanol–water partition coefficient (Wildman–Crippen LogP) is 3.64. The zero-order chi connectivity index (χ0) is 20.4. The number of amides is 1. The summed E-state index contributed by atoms with van der Waals surface area (Å²) in [6, 6.07) is 7.67. The summed E-state index contributed by atoms with van der Waals surface area (Å²) in [5.74, 6) is -0.511. The molecule has 0 aliphatic heterocycles. The van der Waals surface area contributed by atoms with E-state index in [9.17, 15) is 9.18 Å². The minimum absolute atomic E-state index is 0.223. The van der Waals surface area contributed by atoms with Gasteiger partial charge in [0.25, 0.3) is 5.91 Å². The first-order chi connectivity index (χ1) is 14.0. The molecule has 148 valence electrons. The molecule has 4 aromatic rings. The zero-order valence-corrected chi connectivity index (χ0v) is 17.2. The lowest BCUT2D eigenvalue weighted by atomic mass is 10.2. The summed E-state index contributed by atoms with van der Waals surface area (Å²) in [4.78, 5) is 12.5. The molecule has 3 aromatic heterocycles. The zero-order valence-electron chi connectivity index (χ0n) is 14.8. The highest BCUT2D eigenvalue weighted by atomic mass is 79.9. The number of nitrogens with one attached hydrogen (secondary N) is 1. The van der Waals surface area contributed by atoms with E-state index in [0.717, 1.165) is 10.0 Å². The normalized spacial score (nSPS) is 11.0. The van der Waals surface area contributed by atoms with Gasteiger partial charge in [0.1, 0.15) is 17.5 Å². The number of carbonyl (C=O) groups is 1. The molecule has 0 spiro atoms. The van der Waals surface area contributed by atoms with Crippen molar-refractivity contribution in [2.24, 2.45) is 0 Å². The molecule has 0 saturated heterocycles. The first-order valence-corrected chi connectivity index (χ1v) is 9.63. The summed E-state index contributed by atoms with van der Waals surface area (Å²) < 4.78 is 18.7. The Labute approximate surface area is 178 Å². The van der Waals surface area contributed by atoms with Crippen molar-refractivity contribution >= 4 is 39.3 Å². The van der Waals surface area contributed by atoms with Crippen LogP contribution in [0.1, 0.15) is 16.1 Å². The highest BCUT2D eigenvalue weighted by molar-refractivity contribution is 9.10. The van der Waals surface area contributed by atoms with Gasteiger partial charge in [0, 0.05) is 18.6 Å². The van der Waals surface area contributed by atoms with Gasteiger partial charge in [-0.15, -0.1) is 0 Å². The monoisotopic (exact) mass is 477 g/mol. The van der Waals surface area contributed by atoms with E-state index in [2.05, 4.69) is 36.5 Å². The van der Waals surface area contributed by atoms with Gasteiger partial charge in [0.2, 0.25) is 0 Å². The molecule has 0 fully saturated rings. The van der Waals surface area contributed by atoms with Crippen LogP contribution >= 0.6 is 27.5 Å². The summed E-state index contributed by atoms with van der Waals surface area (Å²) in [6.07, 6.45) is 6.74. The number of rotatable bonds is 6. The highest BCUT2D eigenvalue weighted by Gasteiger charge is 2.15. The third-order valence-electron chi connectivity index (χ3n) is 3.97. The molecule has 0 aliphatic carbocycles. The van der Waals surface area contributed by atoms with Crippen molar-refractivity contribution in [2.45, 2.75) is 13.2 Å². The summed E-state index contributed by atoms with van der Waals surface area (Å²) >= 11 is 9.51. The number of benzene rings is 1. The minimum atomic E-state index is -0.431. The molecule has 1 amide bonds. The maximum atomic E-state index is 13.0. The topological polar surface area (TPSA) is 82.6 Å². The van der Waals surface area contributed by atoms with Crippen molar-refractivity contribution in [3.63, 3.8) is 0 Å². The summed E-state index contributed by atoms with van der Waals surface area (Å²) in [6.45, 7) is 0.760. The van der Waals surface area contributed by atoms with E-state index >= 15 is 0 Å². The molecule has 0 bridgehead atoms. The Bertz CT molecular complexity index is 1150. The molecule has 11 heteroatoms. The second kappa shape index (κ2) is 8.18. The maximum Gasteiger partial charge on any atom is 0.277 e. The van der Waals surface area contributed by atoms with Gasteiger partial charge >= 0.3 is 0 Å². The maximum absolute atomic E-state index is 13.0. The lowest BCUT2D eigenvalue weighted by Crippen LogP contribution is -2.15. The Morgan fingerprint density at radius 1 is 1.10 bits per heavy atom. The summed E-state index contributed by atoms with van der Waals surface area (Å²) in [5, 5.41) is 15.6. The van der Waals surface area contributed by atoms with Crippen LogP contribution in [0.4, 0.5) is 10.2 Å². The number of aromatic nitrogens is 6. The number of nitrogens with zero attached hydrogens (tertiary/aromatic N) is 6. The highest BCUT2D eigenvalue weighted by Crippen LogP contribution is 2.20. The summed E-state index contributed by atoms with van der Waals surface area (Å²) in [5.41, 5.74) is 1.08. The van der Waals surface area contributed by atoms with E-state index in [0.29, 0.717) is 18.2 Å². The van der Waals surface area contributed by atoms with Crippen LogP contribution in [0.15, 0.2) is 59.6 Å². The standard InChI is InChI=1S/C18H14BrClFN7O/c19-13-7-22-28(9-13)11-26-6-5-16(24-26)18(29)23-17-15(20)10-27(25-17)8-12-1-3-14(21)4-2-12/h1-7,9-10H,8,11H2,(H,23,25,29). The molecule has 0 radical (unpaired) electrons. The molecule has 0 atom stereocenters. The fourth-order valence-corrected chi connectivity index (χ4v) is 3.16. The Kier molecular flexibility index (Phi) is 5.45. The first kappa shape index (κ1) is 19.3. The van der Waals surface area contributed by atoms with E-state index in [1.165, 1.54) is 12.1 Å². The Morgan fingerprint density at radius 2 is 1.90 bits per heavy atom. The molecule has 29 heavy (non-hydrogen) atoms. The molecule has 8 nitrogen and oxygen atoms in total. The SMILES string of the molecule is O=C(Nc1nn(Cc2ccc(F)cc2)cc1Cl)c1ccn(Cn2cc(Br)cn2)n1. The van der Waals surface area contributed by atoms with Crippen LogP contribution < -0.4 is 5.32 Å². The molecule has 1 N–H and O–H groups in total. The van der Waals surface area contributed by atoms with Gasteiger partial charge in [-0.3, -0.25) is 14.2 Å². The molecule has 0 unspecified atom stereocenters. The van der Waals surface area contributed by atoms with Gasteiger partial charge in [-0.2, -0.15) is 15.3 Å². The van der Waals surface area contributed by atoms with Crippen molar-refractivity contribution in [3.05, 3.63) is 81.7 Å². The first-order valence-electron chi connectivity index (χ1n) is 8.46. The number of anilines is 1. The van der Waals surface area contributed by atoms with E-state index in [4.69, 9.17) is 11.6 Å². The molecule has 4 rings (SSSR count). The van der Waals surface area contributed by atoms with E-state index in [1.54, 1.807) is 57.0 Å². The largest absolute Gasteiger partial charge is 0.302 e. The van der Waals surface area contributed by atoms with Crippen molar-refractivity contribution in [1.82, 2.24) is 29.3 Å². The van der Waals surface area contributed by atoms with Gasteiger partial charge in [-0.1, -0.05) is 23.7 Å². The third-order valence-corrected chi connectivity index (χ3v) is 4.66. The Balaban J connectivity index is 1.42. The number of halogens is 3. The molecule has 3 heterocycles. The third kappa shape index (κ3) is 4.72. The number of carbonyl (C=O) groups excluding carboxylic acids is 1. The van der Waals surface area contributed by atoms with Crippen molar-refractivity contribution in [1.29, 1.82) is 0 Å². The second-order valence-electron chi connectivity index (χ2n) is 6.18. The second-order valence-corrected chi connectivity index (χ2v) is 7.51. The average Bonchev–Trinajstić information content (AvgIpc) is 3.39.